The molecule has 0 atom stereocenters. The van der Waals surface area contributed by atoms with Gasteiger partial charge < -0.3 is 5.32 Å². The van der Waals surface area contributed by atoms with Gasteiger partial charge >= 0.3 is 0 Å². The molecular weight excluding hydrogens is 241 g/mol. The zero-order valence-corrected chi connectivity index (χ0v) is 10.6. The van der Waals surface area contributed by atoms with Crippen LogP contribution in [0.4, 0.5) is 10.2 Å². The zero-order chi connectivity index (χ0) is 11.5. The van der Waals surface area contributed by atoms with Crippen LogP contribution in [0.25, 0.3) is 0 Å². The standard InChI is InChI=1S/C12H14FN3.ClH/c1-9-8-16(2)15-12(9)14-7-10-3-5-11(13)6-4-10;/h3-6,8H,7H2,1-2H3,(H,14,15);1H. The Labute approximate surface area is 106 Å². The summed E-state index contributed by atoms with van der Waals surface area (Å²) in [6.07, 6.45) is 1.95. The number of nitrogens with zero attached hydrogens (tertiary/aromatic N) is 2. The lowest BCUT2D eigenvalue weighted by Gasteiger charge is -2.04. The molecule has 0 aliphatic carbocycles. The maximum Gasteiger partial charge on any atom is 0.151 e. The molecule has 1 aromatic heterocycles. The van der Waals surface area contributed by atoms with Gasteiger partial charge in [0.1, 0.15) is 5.82 Å². The van der Waals surface area contributed by atoms with Gasteiger partial charge in [-0.3, -0.25) is 4.68 Å². The summed E-state index contributed by atoms with van der Waals surface area (Å²) in [5.74, 6) is 0.657. The molecule has 92 valence electrons. The van der Waals surface area contributed by atoms with E-state index in [1.807, 2.05) is 20.2 Å². The Bertz CT molecular complexity index is 479. The quantitative estimate of drug-likeness (QED) is 0.914. The van der Waals surface area contributed by atoms with E-state index in [2.05, 4.69) is 10.4 Å². The Hall–Kier alpha value is -1.55. The molecule has 1 heterocycles. The van der Waals surface area contributed by atoms with E-state index in [1.165, 1.54) is 12.1 Å². The molecule has 0 unspecified atom stereocenters. The first kappa shape index (κ1) is 13.5. The minimum absolute atomic E-state index is 0. The normalized spacial score (nSPS) is 9.82. The summed E-state index contributed by atoms with van der Waals surface area (Å²) in [5, 5.41) is 7.49. The third-order valence-corrected chi connectivity index (χ3v) is 2.38. The summed E-state index contributed by atoms with van der Waals surface area (Å²) in [4.78, 5) is 0. The molecule has 2 aromatic rings. The van der Waals surface area contributed by atoms with Crippen molar-refractivity contribution in [1.29, 1.82) is 0 Å². The Kier molecular flexibility index (Phi) is 4.52. The summed E-state index contributed by atoms with van der Waals surface area (Å²) in [6.45, 7) is 2.65. The second-order valence-corrected chi connectivity index (χ2v) is 3.81. The summed E-state index contributed by atoms with van der Waals surface area (Å²) in [6, 6.07) is 6.45. The van der Waals surface area contributed by atoms with Crippen molar-refractivity contribution in [2.24, 2.45) is 7.05 Å². The van der Waals surface area contributed by atoms with E-state index in [0.29, 0.717) is 6.54 Å². The lowest BCUT2D eigenvalue weighted by atomic mass is 10.2. The minimum Gasteiger partial charge on any atom is -0.364 e. The van der Waals surface area contributed by atoms with Crippen LogP contribution in [-0.2, 0) is 13.6 Å². The van der Waals surface area contributed by atoms with E-state index in [0.717, 1.165) is 16.9 Å². The average molecular weight is 256 g/mol. The number of hydrogen-bond donors (Lipinski definition) is 1. The van der Waals surface area contributed by atoms with Crippen molar-refractivity contribution in [3.8, 4) is 0 Å². The third kappa shape index (κ3) is 3.46. The number of rotatable bonds is 3. The summed E-state index contributed by atoms with van der Waals surface area (Å²) in [5.41, 5.74) is 2.14. The van der Waals surface area contributed by atoms with Crippen LogP contribution in [0.2, 0.25) is 0 Å². The molecule has 2 rings (SSSR count). The highest BCUT2D eigenvalue weighted by Gasteiger charge is 2.02. The monoisotopic (exact) mass is 255 g/mol. The van der Waals surface area contributed by atoms with Crippen molar-refractivity contribution in [3.05, 3.63) is 47.4 Å². The number of anilines is 1. The molecule has 17 heavy (non-hydrogen) atoms. The van der Waals surface area contributed by atoms with Crippen LogP contribution in [0.3, 0.4) is 0 Å². The van der Waals surface area contributed by atoms with Crippen LogP contribution in [0.5, 0.6) is 0 Å². The van der Waals surface area contributed by atoms with Crippen molar-refractivity contribution < 1.29 is 4.39 Å². The van der Waals surface area contributed by atoms with Gasteiger partial charge in [-0.05, 0) is 24.6 Å². The van der Waals surface area contributed by atoms with Crippen LogP contribution >= 0.6 is 12.4 Å². The summed E-state index contributed by atoms with van der Waals surface area (Å²) >= 11 is 0. The second-order valence-electron chi connectivity index (χ2n) is 3.81. The van der Waals surface area contributed by atoms with Gasteiger partial charge in [0.05, 0.1) is 0 Å². The van der Waals surface area contributed by atoms with Crippen LogP contribution in [0, 0.1) is 12.7 Å². The Morgan fingerprint density at radius 1 is 1.29 bits per heavy atom. The fraction of sp³-hybridized carbons (Fsp3) is 0.250. The Balaban J connectivity index is 0.00000144. The van der Waals surface area contributed by atoms with Gasteiger partial charge in [0.2, 0.25) is 0 Å². The van der Waals surface area contributed by atoms with E-state index >= 15 is 0 Å². The minimum atomic E-state index is -0.210. The number of aryl methyl sites for hydroxylation is 2. The van der Waals surface area contributed by atoms with Crippen LogP contribution in [-0.4, -0.2) is 9.78 Å². The maximum absolute atomic E-state index is 12.7. The van der Waals surface area contributed by atoms with Gasteiger partial charge in [-0.15, -0.1) is 12.4 Å². The molecule has 0 saturated carbocycles. The number of aromatic nitrogens is 2. The van der Waals surface area contributed by atoms with Crippen LogP contribution < -0.4 is 5.32 Å². The molecule has 3 nitrogen and oxygen atoms in total. The topological polar surface area (TPSA) is 29.9 Å². The number of halogens is 2. The van der Waals surface area contributed by atoms with E-state index in [-0.39, 0.29) is 18.2 Å². The lowest BCUT2D eigenvalue weighted by molar-refractivity contribution is 0.627. The van der Waals surface area contributed by atoms with Gasteiger partial charge in [0.25, 0.3) is 0 Å². The first-order valence-electron chi connectivity index (χ1n) is 5.14. The summed E-state index contributed by atoms with van der Waals surface area (Å²) in [7, 11) is 1.88. The van der Waals surface area contributed by atoms with E-state index in [1.54, 1.807) is 16.8 Å². The van der Waals surface area contributed by atoms with Crippen molar-refractivity contribution in [2.75, 3.05) is 5.32 Å². The first-order valence-corrected chi connectivity index (χ1v) is 5.14. The molecule has 0 saturated heterocycles. The predicted octanol–water partition coefficient (Wildman–Crippen LogP) is 2.90. The van der Waals surface area contributed by atoms with Gasteiger partial charge in [0.15, 0.2) is 5.82 Å². The number of hydrogen-bond acceptors (Lipinski definition) is 2. The van der Waals surface area contributed by atoms with Crippen molar-refractivity contribution in [3.63, 3.8) is 0 Å². The van der Waals surface area contributed by atoms with Gasteiger partial charge in [-0.1, -0.05) is 12.1 Å². The van der Waals surface area contributed by atoms with Crippen molar-refractivity contribution in [1.82, 2.24) is 9.78 Å². The van der Waals surface area contributed by atoms with Crippen molar-refractivity contribution in [2.45, 2.75) is 13.5 Å². The molecule has 1 aromatic carbocycles. The SMILES string of the molecule is Cc1cn(C)nc1NCc1ccc(F)cc1.Cl. The molecule has 0 fully saturated rings. The van der Waals surface area contributed by atoms with Gasteiger partial charge in [0, 0.05) is 25.4 Å². The molecule has 0 aliphatic rings. The molecule has 1 N–H and O–H groups in total. The highest BCUT2D eigenvalue weighted by Crippen LogP contribution is 2.12. The maximum atomic E-state index is 12.7. The zero-order valence-electron chi connectivity index (χ0n) is 9.77. The molecule has 5 heteroatoms. The second kappa shape index (κ2) is 5.68. The first-order chi connectivity index (χ1) is 7.65. The predicted molar refractivity (Wildman–Crippen MR) is 68.9 cm³/mol. The van der Waals surface area contributed by atoms with Gasteiger partial charge in [-0.2, -0.15) is 5.10 Å². The Morgan fingerprint density at radius 2 is 1.94 bits per heavy atom. The molecule has 0 bridgehead atoms. The van der Waals surface area contributed by atoms with Crippen LogP contribution in [0.15, 0.2) is 30.5 Å². The third-order valence-electron chi connectivity index (χ3n) is 2.38. The average Bonchev–Trinajstić information content (AvgIpc) is 2.57. The molecule has 0 spiro atoms. The molecule has 0 radical (unpaired) electrons. The number of nitrogens with one attached hydrogen (secondary N) is 1. The Morgan fingerprint density at radius 3 is 2.47 bits per heavy atom. The van der Waals surface area contributed by atoms with E-state index < -0.39 is 0 Å². The summed E-state index contributed by atoms with van der Waals surface area (Å²) < 4.78 is 14.4. The number of benzene rings is 1. The highest BCUT2D eigenvalue weighted by atomic mass is 35.5. The molecule has 0 amide bonds. The van der Waals surface area contributed by atoms with Gasteiger partial charge in [-0.25, -0.2) is 4.39 Å². The van der Waals surface area contributed by atoms with E-state index in [9.17, 15) is 4.39 Å². The molecule has 0 aliphatic heterocycles. The highest BCUT2D eigenvalue weighted by molar-refractivity contribution is 5.85. The van der Waals surface area contributed by atoms with Crippen LogP contribution in [0.1, 0.15) is 11.1 Å². The fourth-order valence-corrected chi connectivity index (χ4v) is 1.57. The molecular formula is C12H15ClFN3. The van der Waals surface area contributed by atoms with E-state index in [4.69, 9.17) is 0 Å². The van der Waals surface area contributed by atoms with Crippen molar-refractivity contribution >= 4 is 18.2 Å². The smallest absolute Gasteiger partial charge is 0.151 e. The lowest BCUT2D eigenvalue weighted by Crippen LogP contribution is -2.01. The fourth-order valence-electron chi connectivity index (χ4n) is 1.57. The largest absolute Gasteiger partial charge is 0.364 e.